The van der Waals surface area contributed by atoms with Crippen LogP contribution in [0.4, 0.5) is 11.5 Å². The van der Waals surface area contributed by atoms with Crippen molar-refractivity contribution in [1.29, 1.82) is 0 Å². The summed E-state index contributed by atoms with van der Waals surface area (Å²) in [4.78, 5) is 15.7. The molecule has 3 aromatic rings. The molecule has 1 aromatic carbocycles. The van der Waals surface area contributed by atoms with Crippen molar-refractivity contribution >= 4 is 23.3 Å². The molecule has 0 amide bonds. The van der Waals surface area contributed by atoms with E-state index in [2.05, 4.69) is 15.0 Å². The van der Waals surface area contributed by atoms with Gasteiger partial charge in [0.15, 0.2) is 5.82 Å². The van der Waals surface area contributed by atoms with Crippen LogP contribution in [-0.4, -0.2) is 36.5 Å². The molecule has 0 bridgehead atoms. The van der Waals surface area contributed by atoms with Crippen LogP contribution in [0.2, 0.25) is 0 Å². The first-order valence-corrected chi connectivity index (χ1v) is 8.64. The second-order valence-corrected chi connectivity index (χ2v) is 6.75. The Morgan fingerprint density at radius 3 is 2.76 bits per heavy atom. The summed E-state index contributed by atoms with van der Waals surface area (Å²) in [5.41, 5.74) is 3.59. The molecule has 1 aliphatic rings. The molecular formula is C17H17N5O2S. The van der Waals surface area contributed by atoms with E-state index in [1.165, 1.54) is 0 Å². The maximum Gasteiger partial charge on any atom is 0.168 e. The lowest BCUT2D eigenvalue weighted by molar-refractivity contribution is 0.270. The normalized spacial score (nSPS) is 12.8. The summed E-state index contributed by atoms with van der Waals surface area (Å²) in [6.07, 6.45) is 5.01. The number of aliphatic hydroxyl groups is 2. The summed E-state index contributed by atoms with van der Waals surface area (Å²) in [5.74, 6) is 0.661. The minimum Gasteiger partial charge on any atom is -0.390 e. The number of aryl methyl sites for hydroxylation is 1. The van der Waals surface area contributed by atoms with E-state index in [1.807, 2.05) is 29.7 Å². The highest BCUT2D eigenvalue weighted by atomic mass is 32.2. The molecule has 0 radical (unpaired) electrons. The zero-order chi connectivity index (χ0) is 17.4. The first kappa shape index (κ1) is 16.1. The van der Waals surface area contributed by atoms with Crippen LogP contribution in [0, 0.1) is 6.92 Å². The summed E-state index contributed by atoms with van der Waals surface area (Å²) in [5, 5.41) is 20.2. The number of hydrogen-bond donors (Lipinski definition) is 2. The second-order valence-electron chi connectivity index (χ2n) is 5.72. The minimum atomic E-state index is -0.172. The molecule has 0 atom stereocenters. The fourth-order valence-electron chi connectivity index (χ4n) is 2.94. The summed E-state index contributed by atoms with van der Waals surface area (Å²) < 4.78 is 1.93. The molecule has 0 spiro atoms. The minimum absolute atomic E-state index is 0.0433. The van der Waals surface area contributed by atoms with Crippen molar-refractivity contribution in [2.75, 3.05) is 11.6 Å². The zero-order valence-corrected chi connectivity index (χ0v) is 14.4. The van der Waals surface area contributed by atoms with Gasteiger partial charge in [0, 0.05) is 23.8 Å². The number of aliphatic hydroxyl groups excluding tert-OH is 2. The van der Waals surface area contributed by atoms with Gasteiger partial charge in [-0.1, -0.05) is 17.8 Å². The van der Waals surface area contributed by atoms with E-state index in [1.54, 1.807) is 35.4 Å². The van der Waals surface area contributed by atoms with E-state index in [9.17, 15) is 10.2 Å². The third-order valence-electron chi connectivity index (χ3n) is 4.22. The lowest BCUT2D eigenvalue weighted by atomic mass is 10.1. The van der Waals surface area contributed by atoms with Gasteiger partial charge in [-0.2, -0.15) is 0 Å². The molecule has 128 valence electrons. The zero-order valence-electron chi connectivity index (χ0n) is 13.6. The molecule has 25 heavy (non-hydrogen) atoms. The van der Waals surface area contributed by atoms with Gasteiger partial charge in [0.25, 0.3) is 0 Å². The van der Waals surface area contributed by atoms with Crippen molar-refractivity contribution in [3.63, 3.8) is 0 Å². The van der Waals surface area contributed by atoms with Gasteiger partial charge in [-0.3, -0.25) is 4.90 Å². The molecule has 7 nitrogen and oxygen atoms in total. The number of anilines is 2. The number of hydrogen-bond acceptors (Lipinski definition) is 7. The van der Waals surface area contributed by atoms with Gasteiger partial charge in [-0.25, -0.2) is 15.0 Å². The van der Waals surface area contributed by atoms with Crippen molar-refractivity contribution in [3.05, 3.63) is 53.9 Å². The van der Waals surface area contributed by atoms with Gasteiger partial charge < -0.3 is 14.8 Å². The lowest BCUT2D eigenvalue weighted by Gasteiger charge is -2.29. The number of aromatic nitrogens is 4. The highest BCUT2D eigenvalue weighted by molar-refractivity contribution is 7.99. The van der Waals surface area contributed by atoms with Gasteiger partial charge in [-0.05, 0) is 24.6 Å². The van der Waals surface area contributed by atoms with Crippen molar-refractivity contribution in [1.82, 2.24) is 19.5 Å². The Bertz CT molecular complexity index is 927. The highest BCUT2D eigenvalue weighted by Gasteiger charge is 2.25. The van der Waals surface area contributed by atoms with E-state index in [0.29, 0.717) is 12.4 Å². The van der Waals surface area contributed by atoms with Crippen LogP contribution in [-0.2, 0) is 13.2 Å². The molecule has 0 fully saturated rings. The van der Waals surface area contributed by atoms with Crippen molar-refractivity contribution in [3.8, 4) is 0 Å². The molecule has 0 saturated heterocycles. The average Bonchev–Trinajstić information content (AvgIpc) is 2.99. The molecule has 0 saturated carbocycles. The van der Waals surface area contributed by atoms with Crippen molar-refractivity contribution in [2.45, 2.75) is 30.0 Å². The fraction of sp³-hybridized carbons (Fsp3) is 0.235. The molecule has 0 unspecified atom stereocenters. The summed E-state index contributed by atoms with van der Waals surface area (Å²) in [6.45, 7) is 2.27. The van der Waals surface area contributed by atoms with Crippen LogP contribution < -0.4 is 4.90 Å². The number of nitrogens with zero attached hydrogens (tertiary/aromatic N) is 5. The molecule has 8 heteroatoms. The number of imidazole rings is 1. The topological polar surface area (TPSA) is 87.3 Å². The Hall–Kier alpha value is -2.42. The molecule has 2 N–H and O–H groups in total. The van der Waals surface area contributed by atoms with E-state index in [4.69, 9.17) is 0 Å². The van der Waals surface area contributed by atoms with Gasteiger partial charge in [0.2, 0.25) is 0 Å². The predicted octanol–water partition coefficient (Wildman–Crippen LogP) is 2.07. The van der Waals surface area contributed by atoms with Gasteiger partial charge in [0.1, 0.15) is 11.8 Å². The van der Waals surface area contributed by atoms with Crippen molar-refractivity contribution in [2.24, 2.45) is 0 Å². The first-order valence-electron chi connectivity index (χ1n) is 7.83. The Labute approximate surface area is 149 Å². The first-order chi connectivity index (χ1) is 12.2. The van der Waals surface area contributed by atoms with Gasteiger partial charge in [-0.15, -0.1) is 0 Å². The lowest BCUT2D eigenvalue weighted by Crippen LogP contribution is -2.23. The summed E-state index contributed by atoms with van der Waals surface area (Å²) >= 11 is 1.54. The molecule has 4 rings (SSSR count). The third-order valence-corrected chi connectivity index (χ3v) is 5.27. The van der Waals surface area contributed by atoms with E-state index < -0.39 is 0 Å². The molecule has 2 aromatic heterocycles. The number of rotatable bonds is 4. The van der Waals surface area contributed by atoms with E-state index in [-0.39, 0.29) is 13.3 Å². The van der Waals surface area contributed by atoms with Gasteiger partial charge in [0.05, 0.1) is 30.0 Å². The fourth-order valence-corrected chi connectivity index (χ4v) is 3.93. The summed E-state index contributed by atoms with van der Waals surface area (Å²) in [6, 6.07) is 6.10. The standard InChI is InChI=1S/C17H17N5O2S/c1-11-14(8-23)21(9-20-11)7-12-2-3-15-13(6-12)22(10-24)16-17(25-15)19-5-4-18-16/h2-6,9,23-24H,7-8,10H2,1H3. The summed E-state index contributed by atoms with van der Waals surface area (Å²) in [7, 11) is 0. The maximum absolute atomic E-state index is 9.85. The predicted molar refractivity (Wildman–Crippen MR) is 93.8 cm³/mol. The van der Waals surface area contributed by atoms with Crippen LogP contribution in [0.3, 0.4) is 0 Å². The maximum atomic E-state index is 9.85. The quantitative estimate of drug-likeness (QED) is 0.741. The largest absolute Gasteiger partial charge is 0.390 e. The molecule has 0 aliphatic carbocycles. The third kappa shape index (κ3) is 2.78. The van der Waals surface area contributed by atoms with Crippen LogP contribution in [0.1, 0.15) is 17.0 Å². The Morgan fingerprint density at radius 1 is 1.12 bits per heavy atom. The molecule has 1 aliphatic heterocycles. The Morgan fingerprint density at radius 2 is 1.96 bits per heavy atom. The van der Waals surface area contributed by atoms with E-state index >= 15 is 0 Å². The van der Waals surface area contributed by atoms with Gasteiger partial charge >= 0.3 is 0 Å². The second kappa shape index (κ2) is 6.47. The highest BCUT2D eigenvalue weighted by Crippen LogP contribution is 2.45. The monoisotopic (exact) mass is 355 g/mol. The average molecular weight is 355 g/mol. The van der Waals surface area contributed by atoms with Crippen molar-refractivity contribution < 1.29 is 10.2 Å². The van der Waals surface area contributed by atoms with E-state index in [0.717, 1.165) is 32.6 Å². The number of benzene rings is 1. The number of fused-ring (bicyclic) bond motifs is 2. The Kier molecular flexibility index (Phi) is 4.16. The van der Waals surface area contributed by atoms with Crippen LogP contribution in [0.5, 0.6) is 0 Å². The molecule has 3 heterocycles. The molecular weight excluding hydrogens is 338 g/mol. The van der Waals surface area contributed by atoms with Crippen LogP contribution in [0.25, 0.3) is 0 Å². The SMILES string of the molecule is Cc1ncn(Cc2ccc3c(c2)N(CO)c2nccnc2S3)c1CO. The Balaban J connectivity index is 1.71. The van der Waals surface area contributed by atoms with Crippen LogP contribution in [0.15, 0.2) is 46.8 Å². The van der Waals surface area contributed by atoms with Crippen LogP contribution >= 0.6 is 11.8 Å². The smallest absolute Gasteiger partial charge is 0.168 e.